The second-order valence-corrected chi connectivity index (χ2v) is 13.2. The summed E-state index contributed by atoms with van der Waals surface area (Å²) in [6, 6.07) is 0. The van der Waals surface area contributed by atoms with Crippen LogP contribution in [0, 0.1) is 16.2 Å². The summed E-state index contributed by atoms with van der Waals surface area (Å²) in [5.74, 6) is -2.03. The first-order valence-electron chi connectivity index (χ1n) is 15.8. The number of esters is 2. The molecule has 0 aromatic rings. The van der Waals surface area contributed by atoms with Gasteiger partial charge in [0.1, 0.15) is 13.2 Å². The van der Waals surface area contributed by atoms with Crippen molar-refractivity contribution in [1.82, 2.24) is 9.80 Å². The van der Waals surface area contributed by atoms with Crippen LogP contribution in [0.2, 0.25) is 0 Å². The lowest BCUT2D eigenvalue weighted by atomic mass is 9.76. The Bertz CT molecular complexity index is 1050. The van der Waals surface area contributed by atoms with Gasteiger partial charge in [0.2, 0.25) is 11.8 Å². The van der Waals surface area contributed by atoms with Gasteiger partial charge in [-0.1, -0.05) is 65.0 Å². The minimum absolute atomic E-state index is 0. The number of aliphatic carboxylic acids is 2. The number of ether oxygens (including phenoxy) is 2. The van der Waals surface area contributed by atoms with Crippen LogP contribution in [0.5, 0.6) is 0 Å². The quantitative estimate of drug-likeness (QED) is 0.123. The monoisotopic (exact) mass is 737 g/mol. The summed E-state index contributed by atoms with van der Waals surface area (Å²) in [5, 5.41) is 17.7. The molecule has 2 aliphatic rings. The number of amides is 2. The summed E-state index contributed by atoms with van der Waals surface area (Å²) in [6.07, 6.45) is 5.04. The van der Waals surface area contributed by atoms with Crippen molar-refractivity contribution in [3.05, 3.63) is 12.2 Å². The second kappa shape index (κ2) is 29.2. The van der Waals surface area contributed by atoms with Crippen LogP contribution >= 0.6 is 0 Å². The van der Waals surface area contributed by atoms with Crippen molar-refractivity contribution in [2.75, 3.05) is 39.4 Å². The fourth-order valence-electron chi connectivity index (χ4n) is 3.97. The van der Waals surface area contributed by atoms with Crippen molar-refractivity contribution in [2.45, 2.75) is 151 Å². The van der Waals surface area contributed by atoms with Crippen LogP contribution < -0.4 is 0 Å². The number of carbonyl (C=O) groups is 6. The third-order valence-electron chi connectivity index (χ3n) is 8.49. The van der Waals surface area contributed by atoms with Crippen molar-refractivity contribution in [1.29, 1.82) is 0 Å². The number of carboxylic acid groups (broad SMARTS) is 2. The van der Waals surface area contributed by atoms with E-state index in [0.717, 1.165) is 25.9 Å². The number of rotatable bonds is 15. The lowest BCUT2D eigenvalue weighted by Gasteiger charge is -2.29. The summed E-state index contributed by atoms with van der Waals surface area (Å²) in [5.41, 5.74) is -1.71. The van der Waals surface area contributed by atoms with E-state index in [1.54, 1.807) is 51.3 Å². The van der Waals surface area contributed by atoms with Crippen LogP contribution in [-0.2, 0) is 38.2 Å². The average Bonchev–Trinajstić information content (AvgIpc) is 3.58. The minimum Gasteiger partial charge on any atom is -0.481 e. The predicted octanol–water partition coefficient (Wildman–Crippen LogP) is 8.51. The highest BCUT2D eigenvalue weighted by molar-refractivity contribution is 5.87. The smallest absolute Gasteiger partial charge is 0.333 e. The topological polar surface area (TPSA) is 168 Å². The third-order valence-corrected chi connectivity index (χ3v) is 8.49. The molecule has 1 unspecified atom stereocenters. The molecule has 0 saturated carbocycles. The first-order valence-corrected chi connectivity index (χ1v) is 15.8. The van der Waals surface area contributed by atoms with Gasteiger partial charge in [-0.25, -0.2) is 4.79 Å². The minimum atomic E-state index is -0.836. The fourth-order valence-corrected chi connectivity index (χ4v) is 3.97. The Labute approximate surface area is 312 Å². The first-order chi connectivity index (χ1) is 20.7. The summed E-state index contributed by atoms with van der Waals surface area (Å²) >= 11 is 0. The van der Waals surface area contributed by atoms with E-state index in [9.17, 15) is 33.9 Å². The predicted molar refractivity (Wildman–Crippen MR) is 210 cm³/mol. The van der Waals surface area contributed by atoms with Crippen LogP contribution in [0.25, 0.3) is 0 Å². The first kappa shape index (κ1) is 62.7. The highest BCUT2D eigenvalue weighted by atomic mass is 16.5. The van der Waals surface area contributed by atoms with Gasteiger partial charge in [-0.15, -0.1) is 0 Å². The molecule has 0 aromatic carbocycles. The summed E-state index contributed by atoms with van der Waals surface area (Å²) in [7, 11) is 0. The lowest BCUT2D eigenvalue weighted by molar-refractivity contribution is -0.157. The van der Waals surface area contributed by atoms with E-state index in [-0.39, 0.29) is 75.6 Å². The number of carboxylic acids is 2. The molecular formula is C39H80N2O10. The van der Waals surface area contributed by atoms with E-state index in [4.69, 9.17) is 14.6 Å². The van der Waals surface area contributed by atoms with Crippen molar-refractivity contribution in [3.8, 4) is 0 Å². The van der Waals surface area contributed by atoms with Crippen LogP contribution in [-0.4, -0.2) is 95.1 Å². The van der Waals surface area contributed by atoms with Gasteiger partial charge in [0.15, 0.2) is 0 Å². The Morgan fingerprint density at radius 1 is 0.686 bits per heavy atom. The van der Waals surface area contributed by atoms with Gasteiger partial charge in [-0.05, 0) is 80.1 Å². The van der Waals surface area contributed by atoms with E-state index in [0.29, 0.717) is 57.2 Å². The molecule has 2 rings (SSSR count). The van der Waals surface area contributed by atoms with Gasteiger partial charge >= 0.3 is 23.9 Å². The molecule has 0 aliphatic carbocycles. The molecule has 0 spiro atoms. The number of likely N-dealkylation sites (tertiary alicyclic amines) is 2. The van der Waals surface area contributed by atoms with E-state index in [2.05, 4.69) is 6.58 Å². The molecule has 2 aliphatic heterocycles. The summed E-state index contributed by atoms with van der Waals surface area (Å²) in [4.78, 5) is 70.8. The van der Waals surface area contributed by atoms with Crippen molar-refractivity contribution in [3.63, 3.8) is 0 Å². The molecule has 12 heteroatoms. The molecule has 51 heavy (non-hydrogen) atoms. The zero-order valence-electron chi connectivity index (χ0n) is 28.7. The molecule has 2 amide bonds. The Kier molecular flexibility index (Phi) is 35.8. The number of nitrogens with zero attached hydrogens (tertiary/aromatic N) is 2. The summed E-state index contributed by atoms with van der Waals surface area (Å²) in [6.45, 7) is 20.4. The maximum atomic E-state index is 12.2. The number of carbonyl (C=O) groups excluding carboxylic acids is 4. The molecule has 0 radical (unpaired) electrons. The molecule has 12 nitrogen and oxygen atoms in total. The van der Waals surface area contributed by atoms with Gasteiger partial charge in [-0.3, -0.25) is 24.0 Å². The van der Waals surface area contributed by atoms with E-state index in [1.165, 1.54) is 0 Å². The normalized spacial score (nSPS) is 14.2. The largest absolute Gasteiger partial charge is 0.481 e. The third kappa shape index (κ3) is 22.9. The number of hydrogen-bond acceptors (Lipinski definition) is 8. The second-order valence-electron chi connectivity index (χ2n) is 13.2. The van der Waals surface area contributed by atoms with E-state index < -0.39 is 34.2 Å². The highest BCUT2D eigenvalue weighted by Gasteiger charge is 2.37. The maximum absolute atomic E-state index is 12.2. The SMILES string of the molecule is C.C.C.C.C.C.C=C(C)C(=O)OCCN1CCCC1=O.CCC(C)(C)C(=O)O.CCC(C)(CCC(C)(C)C(=O)OCCN1CCCC1=O)C(=O)O. The Morgan fingerprint density at radius 3 is 1.37 bits per heavy atom. The van der Waals surface area contributed by atoms with Gasteiger partial charge in [0, 0.05) is 31.5 Å². The molecular weight excluding hydrogens is 656 g/mol. The average molecular weight is 737 g/mol. The Morgan fingerprint density at radius 2 is 1.10 bits per heavy atom. The lowest BCUT2D eigenvalue weighted by Crippen LogP contribution is -2.34. The molecule has 2 N–H and O–H groups in total. The van der Waals surface area contributed by atoms with Gasteiger partial charge in [0.05, 0.1) is 29.3 Å². The Hall–Kier alpha value is -3.44. The van der Waals surface area contributed by atoms with Crippen molar-refractivity contribution >= 4 is 35.7 Å². The standard InChI is InChI=1S/C17H29NO5.C10H15NO3.C6H12O2.6CH4/c1-5-17(4,14(20)21)9-8-16(2,3)15(22)23-12-11-18-10-6-7-13(18)19;1-8(2)10(13)14-7-6-11-5-3-4-9(11)12;1-4-6(2,3)5(7)8;;;;;;/h5-12H2,1-4H3,(H,20,21);1,3-7H2,2H3;4H2,1-3H3,(H,7,8);6*1H4. The van der Waals surface area contributed by atoms with Gasteiger partial charge < -0.3 is 29.5 Å². The van der Waals surface area contributed by atoms with Crippen LogP contribution in [0.15, 0.2) is 12.2 Å². The summed E-state index contributed by atoms with van der Waals surface area (Å²) < 4.78 is 10.2. The Balaban J connectivity index is -0.000000120. The number of hydrogen-bond donors (Lipinski definition) is 2. The van der Waals surface area contributed by atoms with E-state index >= 15 is 0 Å². The zero-order chi connectivity index (χ0) is 35.0. The van der Waals surface area contributed by atoms with Crippen LogP contribution in [0.1, 0.15) is 151 Å². The highest BCUT2D eigenvalue weighted by Crippen LogP contribution is 2.34. The molecule has 306 valence electrons. The molecule has 2 saturated heterocycles. The molecule has 2 fully saturated rings. The maximum Gasteiger partial charge on any atom is 0.333 e. The molecule has 0 bridgehead atoms. The molecule has 2 heterocycles. The van der Waals surface area contributed by atoms with Gasteiger partial charge in [-0.2, -0.15) is 0 Å². The molecule has 0 aromatic heterocycles. The van der Waals surface area contributed by atoms with Crippen molar-refractivity contribution in [2.24, 2.45) is 16.2 Å². The van der Waals surface area contributed by atoms with E-state index in [1.807, 2.05) is 13.8 Å². The van der Waals surface area contributed by atoms with Crippen molar-refractivity contribution < 1.29 is 48.5 Å². The fraction of sp³-hybridized carbons (Fsp3) is 0.795. The van der Waals surface area contributed by atoms with Crippen LogP contribution in [0.4, 0.5) is 0 Å². The zero-order valence-corrected chi connectivity index (χ0v) is 28.7. The van der Waals surface area contributed by atoms with Gasteiger partial charge in [0.25, 0.3) is 0 Å². The molecule has 1 atom stereocenters. The van der Waals surface area contributed by atoms with Crippen LogP contribution in [0.3, 0.4) is 0 Å².